The quantitative estimate of drug-likeness (QED) is 0.746. The number of nitrogens with zero attached hydrogens (tertiary/aromatic N) is 1. The number of fused-ring (bicyclic) bond motifs is 1. The Morgan fingerprint density at radius 2 is 2.11 bits per heavy atom. The van der Waals surface area contributed by atoms with Crippen LogP contribution in [0.25, 0.3) is 0 Å². The van der Waals surface area contributed by atoms with Gasteiger partial charge in [0.15, 0.2) is 17.7 Å². The summed E-state index contributed by atoms with van der Waals surface area (Å²) in [5.41, 5.74) is 0.227. The first kappa shape index (κ1) is 14.3. The third-order valence-corrected chi connectivity index (χ3v) is 4.03. The van der Waals surface area contributed by atoms with E-state index in [1.54, 1.807) is 20.8 Å². The minimum absolute atomic E-state index is 0.00555. The SMILES string of the molecule is CC(C)(C)[S+]([O-])N=C1c2cccc(F)c2OC[C@H]1F. The van der Waals surface area contributed by atoms with E-state index in [1.165, 1.54) is 18.2 Å². The van der Waals surface area contributed by atoms with Crippen LogP contribution in [0.5, 0.6) is 5.75 Å². The highest BCUT2D eigenvalue weighted by Crippen LogP contribution is 2.30. The monoisotopic (exact) mass is 287 g/mol. The van der Waals surface area contributed by atoms with Crippen molar-refractivity contribution in [3.63, 3.8) is 0 Å². The second-order valence-corrected chi connectivity index (χ2v) is 7.14. The number of benzene rings is 1. The van der Waals surface area contributed by atoms with Gasteiger partial charge in [0.05, 0.1) is 0 Å². The zero-order chi connectivity index (χ0) is 14.2. The summed E-state index contributed by atoms with van der Waals surface area (Å²) in [6.07, 6.45) is -1.50. The van der Waals surface area contributed by atoms with E-state index in [0.29, 0.717) is 0 Å². The lowest BCUT2D eigenvalue weighted by Gasteiger charge is -2.24. The Hall–Kier alpha value is -1.14. The summed E-state index contributed by atoms with van der Waals surface area (Å²) in [6.45, 7) is 4.92. The summed E-state index contributed by atoms with van der Waals surface area (Å²) in [6, 6.07) is 4.20. The Labute approximate surface area is 114 Å². The van der Waals surface area contributed by atoms with E-state index in [1.807, 2.05) is 0 Å². The van der Waals surface area contributed by atoms with Crippen LogP contribution in [0.4, 0.5) is 8.78 Å². The minimum Gasteiger partial charge on any atom is -0.591 e. The first-order valence-corrected chi connectivity index (χ1v) is 6.97. The third kappa shape index (κ3) is 2.90. The molecule has 0 aliphatic carbocycles. The fourth-order valence-corrected chi connectivity index (χ4v) is 2.26. The van der Waals surface area contributed by atoms with Crippen LogP contribution in [0.2, 0.25) is 0 Å². The van der Waals surface area contributed by atoms with Crippen molar-refractivity contribution in [3.8, 4) is 5.75 Å². The van der Waals surface area contributed by atoms with Crippen LogP contribution in [0.3, 0.4) is 0 Å². The van der Waals surface area contributed by atoms with Crippen molar-refractivity contribution in [3.05, 3.63) is 29.6 Å². The first-order valence-electron chi connectivity index (χ1n) is 5.87. The summed E-state index contributed by atoms with van der Waals surface area (Å²) in [5, 5.41) is 0. The molecule has 2 atom stereocenters. The van der Waals surface area contributed by atoms with Crippen molar-refractivity contribution >= 4 is 17.1 Å². The molecule has 1 aromatic carbocycles. The average Bonchev–Trinajstić information content (AvgIpc) is 2.31. The molecule has 19 heavy (non-hydrogen) atoms. The van der Waals surface area contributed by atoms with Crippen LogP contribution in [0.15, 0.2) is 22.6 Å². The van der Waals surface area contributed by atoms with Crippen molar-refractivity contribution < 1.29 is 18.1 Å². The van der Waals surface area contributed by atoms with Gasteiger partial charge in [0.2, 0.25) is 0 Å². The number of halogens is 2. The molecule has 0 spiro atoms. The average molecular weight is 287 g/mol. The molecule has 1 unspecified atom stereocenters. The second kappa shape index (κ2) is 5.09. The molecular weight excluding hydrogens is 272 g/mol. The summed E-state index contributed by atoms with van der Waals surface area (Å²) in [7, 11) is 0. The Kier molecular flexibility index (Phi) is 3.82. The summed E-state index contributed by atoms with van der Waals surface area (Å²) in [5.74, 6) is -0.597. The lowest BCUT2D eigenvalue weighted by Crippen LogP contribution is -2.34. The molecule has 1 aromatic rings. The molecule has 1 aliphatic rings. The Bertz CT molecular complexity index is 514. The van der Waals surface area contributed by atoms with Crippen LogP contribution in [-0.4, -0.2) is 27.8 Å². The van der Waals surface area contributed by atoms with E-state index in [9.17, 15) is 13.3 Å². The molecule has 0 saturated heterocycles. The third-order valence-electron chi connectivity index (χ3n) is 2.62. The molecule has 0 amide bonds. The molecule has 3 nitrogen and oxygen atoms in total. The molecular formula is C13H15F2NO2S. The predicted molar refractivity (Wildman–Crippen MR) is 71.2 cm³/mol. The fraction of sp³-hybridized carbons (Fsp3) is 0.462. The van der Waals surface area contributed by atoms with E-state index in [4.69, 9.17) is 4.74 Å². The van der Waals surface area contributed by atoms with Crippen molar-refractivity contribution in [1.29, 1.82) is 0 Å². The molecule has 0 saturated carbocycles. The standard InChI is InChI=1S/C13H15F2NO2S/c1-13(2,3)19(17)16-11-8-5-4-6-9(14)12(8)18-7-10(11)15/h4-6,10H,7H2,1-3H3/t10-,19?/m1/s1. The fourth-order valence-electron chi connectivity index (χ4n) is 1.59. The normalized spacial score (nSPS) is 22.8. The molecule has 1 aliphatic heterocycles. The highest BCUT2D eigenvalue weighted by molar-refractivity contribution is 7.91. The number of hydrogen-bond acceptors (Lipinski definition) is 3. The maximum Gasteiger partial charge on any atom is 0.181 e. The van der Waals surface area contributed by atoms with Gasteiger partial charge in [0.1, 0.15) is 28.4 Å². The van der Waals surface area contributed by atoms with Gasteiger partial charge in [-0.3, -0.25) is 0 Å². The van der Waals surface area contributed by atoms with Crippen LogP contribution in [-0.2, 0) is 11.4 Å². The number of rotatable bonds is 1. The van der Waals surface area contributed by atoms with E-state index < -0.39 is 28.1 Å². The van der Waals surface area contributed by atoms with Crippen molar-refractivity contribution in [2.24, 2.45) is 4.40 Å². The van der Waals surface area contributed by atoms with E-state index in [-0.39, 0.29) is 23.6 Å². The first-order chi connectivity index (χ1) is 8.80. The topological polar surface area (TPSA) is 44.7 Å². The highest BCUT2D eigenvalue weighted by atomic mass is 32.2. The van der Waals surface area contributed by atoms with Gasteiger partial charge in [0.25, 0.3) is 0 Å². The van der Waals surface area contributed by atoms with Gasteiger partial charge in [-0.15, -0.1) is 0 Å². The Morgan fingerprint density at radius 3 is 2.74 bits per heavy atom. The van der Waals surface area contributed by atoms with Gasteiger partial charge in [-0.05, 0) is 32.9 Å². The second-order valence-electron chi connectivity index (χ2n) is 5.23. The van der Waals surface area contributed by atoms with Gasteiger partial charge in [-0.2, -0.15) is 0 Å². The molecule has 0 radical (unpaired) electrons. The maximum atomic E-state index is 13.9. The van der Waals surface area contributed by atoms with Gasteiger partial charge in [0, 0.05) is 5.56 Å². The molecule has 2 rings (SSSR count). The number of para-hydroxylation sites is 1. The maximum absolute atomic E-state index is 13.9. The van der Waals surface area contributed by atoms with Crippen LogP contribution >= 0.6 is 0 Å². The van der Waals surface area contributed by atoms with Crippen LogP contribution < -0.4 is 4.74 Å². The molecule has 0 bridgehead atoms. The lowest BCUT2D eigenvalue weighted by atomic mass is 10.0. The van der Waals surface area contributed by atoms with Crippen molar-refractivity contribution in [1.82, 2.24) is 0 Å². The van der Waals surface area contributed by atoms with E-state index in [0.717, 1.165) is 0 Å². The largest absolute Gasteiger partial charge is 0.591 e. The van der Waals surface area contributed by atoms with Crippen LogP contribution in [0.1, 0.15) is 26.3 Å². The smallest absolute Gasteiger partial charge is 0.181 e. The van der Waals surface area contributed by atoms with Gasteiger partial charge >= 0.3 is 0 Å². The molecule has 104 valence electrons. The van der Waals surface area contributed by atoms with Gasteiger partial charge < -0.3 is 9.29 Å². The zero-order valence-corrected chi connectivity index (χ0v) is 11.8. The molecule has 6 heteroatoms. The molecule has 1 heterocycles. The number of alkyl halides is 1. The van der Waals surface area contributed by atoms with E-state index in [2.05, 4.69) is 4.40 Å². The Morgan fingerprint density at radius 1 is 1.42 bits per heavy atom. The molecule has 0 N–H and O–H groups in total. The predicted octanol–water partition coefficient (Wildman–Crippen LogP) is 2.81. The molecule has 0 aromatic heterocycles. The zero-order valence-electron chi connectivity index (χ0n) is 10.9. The minimum atomic E-state index is -1.60. The van der Waals surface area contributed by atoms with Crippen LogP contribution in [0, 0.1) is 5.82 Å². The number of ether oxygens (including phenoxy) is 1. The highest BCUT2D eigenvalue weighted by Gasteiger charge is 2.34. The van der Waals surface area contributed by atoms with Crippen molar-refractivity contribution in [2.45, 2.75) is 31.7 Å². The summed E-state index contributed by atoms with van der Waals surface area (Å²) < 4.78 is 47.8. The Balaban J connectivity index is 2.47. The lowest BCUT2D eigenvalue weighted by molar-refractivity contribution is 0.222. The van der Waals surface area contributed by atoms with E-state index >= 15 is 0 Å². The van der Waals surface area contributed by atoms with Gasteiger partial charge in [-0.25, -0.2) is 8.78 Å². The van der Waals surface area contributed by atoms with Crippen molar-refractivity contribution in [2.75, 3.05) is 6.61 Å². The number of hydrogen-bond donors (Lipinski definition) is 0. The summed E-state index contributed by atoms with van der Waals surface area (Å²) >= 11 is -1.60. The summed E-state index contributed by atoms with van der Waals surface area (Å²) in [4.78, 5) is 0. The molecule has 0 fully saturated rings. The van der Waals surface area contributed by atoms with Gasteiger partial charge in [-0.1, -0.05) is 10.5 Å².